The number of nitrogens with zero attached hydrogens (tertiary/aromatic N) is 1. The molecular formula is C19H22ClN3O2. The first-order valence-corrected chi connectivity index (χ1v) is 8.48. The Balaban J connectivity index is 2.18. The zero-order chi connectivity index (χ0) is 18.6. The molecule has 0 aliphatic rings. The van der Waals surface area contributed by atoms with E-state index in [0.29, 0.717) is 28.7 Å². The van der Waals surface area contributed by atoms with Crippen LogP contribution < -0.4 is 10.6 Å². The molecule has 2 amide bonds. The summed E-state index contributed by atoms with van der Waals surface area (Å²) in [5, 5.41) is 6.06. The van der Waals surface area contributed by atoms with Gasteiger partial charge in [-0.05, 0) is 49.1 Å². The minimum Gasteiger partial charge on any atom is -0.352 e. The fraction of sp³-hybridized carbons (Fsp3) is 0.316. The van der Waals surface area contributed by atoms with Gasteiger partial charge in [-0.25, -0.2) is 0 Å². The molecule has 2 rings (SSSR count). The second-order valence-corrected chi connectivity index (χ2v) is 6.83. The van der Waals surface area contributed by atoms with Crippen molar-refractivity contribution in [2.24, 2.45) is 5.92 Å². The minimum atomic E-state index is -0.410. The van der Waals surface area contributed by atoms with E-state index in [-0.39, 0.29) is 11.6 Å². The predicted molar refractivity (Wildman–Crippen MR) is 100 cm³/mol. The fourth-order valence-electron chi connectivity index (χ4n) is 2.35. The van der Waals surface area contributed by atoms with Gasteiger partial charge in [-0.1, -0.05) is 31.5 Å². The fourth-order valence-corrected chi connectivity index (χ4v) is 2.71. The number of anilines is 1. The monoisotopic (exact) mass is 359 g/mol. The Labute approximate surface area is 152 Å². The van der Waals surface area contributed by atoms with E-state index in [4.69, 9.17) is 11.6 Å². The summed E-state index contributed by atoms with van der Waals surface area (Å²) in [5.74, 6) is -0.290. The van der Waals surface area contributed by atoms with E-state index in [1.54, 1.807) is 12.1 Å². The Morgan fingerprint density at radius 2 is 1.88 bits per heavy atom. The van der Waals surface area contributed by atoms with E-state index < -0.39 is 5.91 Å². The van der Waals surface area contributed by atoms with Crippen molar-refractivity contribution in [1.82, 2.24) is 10.3 Å². The number of rotatable bonds is 5. The van der Waals surface area contributed by atoms with Gasteiger partial charge in [0.25, 0.3) is 11.8 Å². The first-order chi connectivity index (χ1) is 11.8. The highest BCUT2D eigenvalue weighted by molar-refractivity contribution is 6.34. The summed E-state index contributed by atoms with van der Waals surface area (Å²) in [6.45, 7) is 8.41. The number of aryl methyl sites for hydroxylation is 2. The van der Waals surface area contributed by atoms with E-state index in [0.717, 1.165) is 11.1 Å². The summed E-state index contributed by atoms with van der Waals surface area (Å²) < 4.78 is 0. The van der Waals surface area contributed by atoms with Crippen LogP contribution in [0.25, 0.3) is 0 Å². The third kappa shape index (κ3) is 5.03. The highest BCUT2D eigenvalue weighted by atomic mass is 35.5. The Kier molecular flexibility index (Phi) is 6.15. The molecule has 1 aromatic heterocycles. The molecule has 0 bridgehead atoms. The van der Waals surface area contributed by atoms with Crippen LogP contribution in [0.3, 0.4) is 0 Å². The highest BCUT2D eigenvalue weighted by Gasteiger charge is 2.15. The summed E-state index contributed by atoms with van der Waals surface area (Å²) in [6.07, 6.45) is 1.45. The molecule has 5 nitrogen and oxygen atoms in total. The van der Waals surface area contributed by atoms with Crippen LogP contribution in [0.4, 0.5) is 5.69 Å². The smallest absolute Gasteiger partial charge is 0.274 e. The van der Waals surface area contributed by atoms with Crippen LogP contribution in [0.1, 0.15) is 45.8 Å². The van der Waals surface area contributed by atoms with E-state index in [1.807, 2.05) is 33.8 Å². The largest absolute Gasteiger partial charge is 0.352 e. The minimum absolute atomic E-state index is 0.160. The standard InChI is InChI=1S/C19H22ClN3O2/c1-11(2)10-22-18(24)14-5-6-21-16(9-14)19(25)23-17-13(4)7-12(3)8-15(17)20/h5-9,11H,10H2,1-4H3,(H,22,24)(H,23,25). The number of carbonyl (C=O) groups excluding carboxylic acids is 2. The summed E-state index contributed by atoms with van der Waals surface area (Å²) in [7, 11) is 0. The molecule has 2 aromatic rings. The Morgan fingerprint density at radius 1 is 1.16 bits per heavy atom. The Hall–Kier alpha value is -2.40. The maximum Gasteiger partial charge on any atom is 0.274 e. The van der Waals surface area contributed by atoms with Gasteiger partial charge in [-0.3, -0.25) is 14.6 Å². The molecule has 1 aromatic carbocycles. The van der Waals surface area contributed by atoms with E-state index >= 15 is 0 Å². The molecule has 0 aliphatic heterocycles. The number of halogens is 1. The number of pyridine rings is 1. The Bertz CT molecular complexity index is 780. The van der Waals surface area contributed by atoms with Gasteiger partial charge in [0.05, 0.1) is 10.7 Å². The van der Waals surface area contributed by atoms with E-state index in [1.165, 1.54) is 12.3 Å². The van der Waals surface area contributed by atoms with Crippen molar-refractivity contribution in [1.29, 1.82) is 0 Å². The maximum atomic E-state index is 12.5. The molecule has 0 fully saturated rings. The molecule has 6 heteroatoms. The van der Waals surface area contributed by atoms with Gasteiger partial charge in [0.2, 0.25) is 0 Å². The molecule has 0 saturated heterocycles. The zero-order valence-electron chi connectivity index (χ0n) is 14.8. The average molecular weight is 360 g/mol. The van der Waals surface area contributed by atoms with Crippen LogP contribution in [-0.4, -0.2) is 23.3 Å². The molecular weight excluding hydrogens is 338 g/mol. The van der Waals surface area contributed by atoms with Crippen LogP contribution in [0.5, 0.6) is 0 Å². The number of amides is 2. The molecule has 0 unspecified atom stereocenters. The molecule has 0 atom stereocenters. The summed E-state index contributed by atoms with van der Waals surface area (Å²) in [4.78, 5) is 28.7. The van der Waals surface area contributed by atoms with Gasteiger partial charge < -0.3 is 10.6 Å². The molecule has 1 heterocycles. The SMILES string of the molecule is Cc1cc(C)c(NC(=O)c2cc(C(=O)NCC(C)C)ccn2)c(Cl)c1. The van der Waals surface area contributed by atoms with Crippen LogP contribution in [0.2, 0.25) is 5.02 Å². The molecule has 132 valence electrons. The molecule has 0 saturated carbocycles. The lowest BCUT2D eigenvalue weighted by molar-refractivity contribution is 0.0949. The van der Waals surface area contributed by atoms with Crippen molar-refractivity contribution in [2.75, 3.05) is 11.9 Å². The number of benzene rings is 1. The summed E-state index contributed by atoms with van der Waals surface area (Å²) in [6, 6.07) is 6.77. The van der Waals surface area contributed by atoms with E-state index in [2.05, 4.69) is 15.6 Å². The van der Waals surface area contributed by atoms with Crippen molar-refractivity contribution in [3.05, 3.63) is 57.9 Å². The van der Waals surface area contributed by atoms with Crippen molar-refractivity contribution < 1.29 is 9.59 Å². The second-order valence-electron chi connectivity index (χ2n) is 6.43. The normalized spacial score (nSPS) is 10.6. The average Bonchev–Trinajstić information content (AvgIpc) is 2.55. The highest BCUT2D eigenvalue weighted by Crippen LogP contribution is 2.27. The third-order valence-electron chi connectivity index (χ3n) is 3.60. The van der Waals surface area contributed by atoms with Crippen LogP contribution in [0, 0.1) is 19.8 Å². The zero-order valence-corrected chi connectivity index (χ0v) is 15.6. The van der Waals surface area contributed by atoms with Gasteiger partial charge in [0, 0.05) is 18.3 Å². The summed E-state index contributed by atoms with van der Waals surface area (Å²) in [5.41, 5.74) is 2.99. The summed E-state index contributed by atoms with van der Waals surface area (Å²) >= 11 is 6.22. The van der Waals surface area contributed by atoms with Crippen LogP contribution in [0.15, 0.2) is 30.5 Å². The number of nitrogens with one attached hydrogen (secondary N) is 2. The van der Waals surface area contributed by atoms with Gasteiger partial charge in [-0.2, -0.15) is 0 Å². The number of carbonyl (C=O) groups is 2. The van der Waals surface area contributed by atoms with Gasteiger partial charge in [0.15, 0.2) is 0 Å². The first kappa shape index (κ1) is 18.9. The molecule has 25 heavy (non-hydrogen) atoms. The van der Waals surface area contributed by atoms with Gasteiger partial charge >= 0.3 is 0 Å². The lowest BCUT2D eigenvalue weighted by Crippen LogP contribution is -2.27. The van der Waals surface area contributed by atoms with Crippen LogP contribution in [-0.2, 0) is 0 Å². The third-order valence-corrected chi connectivity index (χ3v) is 3.89. The first-order valence-electron chi connectivity index (χ1n) is 8.10. The van der Waals surface area contributed by atoms with Crippen LogP contribution >= 0.6 is 11.6 Å². The lowest BCUT2D eigenvalue weighted by Gasteiger charge is -2.12. The topological polar surface area (TPSA) is 71.1 Å². The van der Waals surface area contributed by atoms with Crippen molar-refractivity contribution in [2.45, 2.75) is 27.7 Å². The van der Waals surface area contributed by atoms with Crippen molar-refractivity contribution in [3.63, 3.8) is 0 Å². The number of aromatic nitrogens is 1. The molecule has 2 N–H and O–H groups in total. The van der Waals surface area contributed by atoms with Crippen molar-refractivity contribution >= 4 is 29.1 Å². The quantitative estimate of drug-likeness (QED) is 0.847. The maximum absolute atomic E-state index is 12.5. The number of hydrogen-bond acceptors (Lipinski definition) is 3. The number of hydrogen-bond donors (Lipinski definition) is 2. The molecule has 0 aliphatic carbocycles. The lowest BCUT2D eigenvalue weighted by atomic mass is 10.1. The molecule has 0 radical (unpaired) electrons. The van der Waals surface area contributed by atoms with E-state index in [9.17, 15) is 9.59 Å². The Morgan fingerprint density at radius 3 is 2.52 bits per heavy atom. The molecule has 0 spiro atoms. The predicted octanol–water partition coefficient (Wildman–Crippen LogP) is 3.99. The van der Waals surface area contributed by atoms with Gasteiger partial charge in [0.1, 0.15) is 5.69 Å². The van der Waals surface area contributed by atoms with Crippen molar-refractivity contribution in [3.8, 4) is 0 Å². The second kappa shape index (κ2) is 8.12. The van der Waals surface area contributed by atoms with Gasteiger partial charge in [-0.15, -0.1) is 0 Å².